The van der Waals surface area contributed by atoms with Gasteiger partial charge in [-0.25, -0.2) is 0 Å². The number of carbonyl (C=O) groups is 2. The van der Waals surface area contributed by atoms with Crippen molar-refractivity contribution in [3.8, 4) is 11.5 Å². The Morgan fingerprint density at radius 1 is 0.860 bits per heavy atom. The number of para-hydroxylation sites is 2. The monoisotopic (exact) mass is 636 g/mol. The summed E-state index contributed by atoms with van der Waals surface area (Å²) in [5, 5.41) is 1.46. The van der Waals surface area contributed by atoms with E-state index in [0.29, 0.717) is 56.8 Å². The number of hydrogen-bond donors (Lipinski definition) is 0. The average molecular weight is 638 g/mol. The third kappa shape index (κ3) is 6.89. The minimum atomic E-state index is -1.71. The number of aryl methyl sites for hydroxylation is 1. The van der Waals surface area contributed by atoms with Gasteiger partial charge in [-0.05, 0) is 66.9 Å². The van der Waals surface area contributed by atoms with Gasteiger partial charge in [-0.3, -0.25) is 9.59 Å². The van der Waals surface area contributed by atoms with Crippen LogP contribution < -0.4 is 9.47 Å². The Hall–Kier alpha value is -3.81. The van der Waals surface area contributed by atoms with Crippen LogP contribution in [0.15, 0.2) is 103 Å². The molecule has 0 fully saturated rings. The minimum Gasteiger partial charge on any atom is -0.478 e. The van der Waals surface area contributed by atoms with Gasteiger partial charge in [0.2, 0.25) is 0 Å². The Morgan fingerprint density at radius 3 is 2.16 bits per heavy atom. The third-order valence-corrected chi connectivity index (χ3v) is 7.66. The Bertz CT molecular complexity index is 1640. The van der Waals surface area contributed by atoms with Crippen LogP contribution in [-0.2, 0) is 31.1 Å². The molecule has 0 saturated heterocycles. The van der Waals surface area contributed by atoms with Crippen LogP contribution in [0.3, 0.4) is 0 Å². The van der Waals surface area contributed by atoms with Gasteiger partial charge in [0.25, 0.3) is 0 Å². The number of fused-ring (bicyclic) bond motifs is 1. The lowest BCUT2D eigenvalue weighted by molar-refractivity contribution is -0.150. The SMILES string of the molecule is CC(=O)OC1=C(Oc2ccccc2)C(Oc2ccccc2)C(C=O)(OCCCc2ccc(Cl)cc2Cl)c2ccc(Cl)cc21. The van der Waals surface area contributed by atoms with Crippen LogP contribution in [0.2, 0.25) is 15.1 Å². The molecule has 9 heteroatoms. The lowest BCUT2D eigenvalue weighted by Gasteiger charge is -2.42. The zero-order valence-corrected chi connectivity index (χ0v) is 25.4. The number of aldehydes is 1. The molecule has 0 amide bonds. The second kappa shape index (κ2) is 13.7. The van der Waals surface area contributed by atoms with Crippen LogP contribution in [0.4, 0.5) is 0 Å². The lowest BCUT2D eigenvalue weighted by atomic mass is 9.79. The van der Waals surface area contributed by atoms with Crippen LogP contribution in [0.5, 0.6) is 11.5 Å². The van der Waals surface area contributed by atoms with E-state index in [1.54, 1.807) is 78.9 Å². The second-order valence-corrected chi connectivity index (χ2v) is 11.1. The van der Waals surface area contributed by atoms with Crippen molar-refractivity contribution in [2.24, 2.45) is 0 Å². The van der Waals surface area contributed by atoms with Gasteiger partial charge in [-0.1, -0.05) is 83.3 Å². The van der Waals surface area contributed by atoms with E-state index in [4.69, 9.17) is 53.8 Å². The largest absolute Gasteiger partial charge is 0.478 e. The van der Waals surface area contributed by atoms with E-state index in [9.17, 15) is 9.59 Å². The summed E-state index contributed by atoms with van der Waals surface area (Å²) >= 11 is 18.9. The highest BCUT2D eigenvalue weighted by Crippen LogP contribution is 2.46. The summed E-state index contributed by atoms with van der Waals surface area (Å²) in [7, 11) is 0. The molecule has 0 N–H and O–H groups in total. The number of benzene rings is 4. The molecule has 4 aromatic carbocycles. The van der Waals surface area contributed by atoms with Crippen molar-refractivity contribution in [2.75, 3.05) is 6.61 Å². The van der Waals surface area contributed by atoms with Gasteiger partial charge in [0.05, 0.1) is 0 Å². The maximum atomic E-state index is 13.4. The van der Waals surface area contributed by atoms with E-state index < -0.39 is 17.7 Å². The summed E-state index contributed by atoms with van der Waals surface area (Å²) in [4.78, 5) is 25.7. The molecule has 0 heterocycles. The van der Waals surface area contributed by atoms with E-state index in [0.717, 1.165) is 5.56 Å². The molecular weight excluding hydrogens is 611 g/mol. The molecule has 43 heavy (non-hydrogen) atoms. The Balaban J connectivity index is 1.62. The van der Waals surface area contributed by atoms with Gasteiger partial charge in [-0.2, -0.15) is 0 Å². The number of esters is 1. The molecule has 0 radical (unpaired) electrons. The molecule has 1 aliphatic carbocycles. The molecule has 220 valence electrons. The Labute approximate surface area is 264 Å². The van der Waals surface area contributed by atoms with Gasteiger partial charge >= 0.3 is 5.97 Å². The van der Waals surface area contributed by atoms with Gasteiger partial charge in [0.1, 0.15) is 11.5 Å². The van der Waals surface area contributed by atoms with E-state index in [-0.39, 0.29) is 18.1 Å². The van der Waals surface area contributed by atoms with Gasteiger partial charge in [0.15, 0.2) is 29.5 Å². The molecule has 5 rings (SSSR count). The summed E-state index contributed by atoms with van der Waals surface area (Å²) in [6.45, 7) is 1.43. The minimum absolute atomic E-state index is 0.0730. The van der Waals surface area contributed by atoms with Crippen LogP contribution in [0, 0.1) is 0 Å². The molecule has 0 aliphatic heterocycles. The number of ether oxygens (including phenoxy) is 4. The number of halogens is 3. The number of hydrogen-bond acceptors (Lipinski definition) is 6. The van der Waals surface area contributed by atoms with Crippen LogP contribution in [0.1, 0.15) is 30.0 Å². The highest BCUT2D eigenvalue weighted by Gasteiger charge is 2.54. The van der Waals surface area contributed by atoms with Crippen molar-refractivity contribution in [1.82, 2.24) is 0 Å². The Kier molecular flexibility index (Phi) is 9.73. The molecule has 0 spiro atoms. The summed E-state index contributed by atoms with van der Waals surface area (Å²) in [5.74, 6) is 0.445. The van der Waals surface area contributed by atoms with Crippen molar-refractivity contribution in [1.29, 1.82) is 0 Å². The first-order chi connectivity index (χ1) is 20.8. The van der Waals surface area contributed by atoms with Crippen molar-refractivity contribution in [3.05, 3.63) is 135 Å². The number of rotatable bonds is 11. The quantitative estimate of drug-likeness (QED) is 0.0934. The normalized spacial score (nSPS) is 17.6. The van der Waals surface area contributed by atoms with Crippen molar-refractivity contribution in [2.45, 2.75) is 31.5 Å². The molecule has 0 saturated carbocycles. The first-order valence-electron chi connectivity index (χ1n) is 13.5. The van der Waals surface area contributed by atoms with Crippen molar-refractivity contribution >= 4 is 52.8 Å². The first-order valence-corrected chi connectivity index (χ1v) is 14.7. The van der Waals surface area contributed by atoms with Gasteiger partial charge in [0, 0.05) is 39.7 Å². The fourth-order valence-corrected chi connectivity index (χ4v) is 5.59. The third-order valence-electron chi connectivity index (χ3n) is 6.83. The molecule has 1 aliphatic rings. The molecule has 2 atom stereocenters. The molecule has 4 aromatic rings. The lowest BCUT2D eigenvalue weighted by Crippen LogP contribution is -2.52. The second-order valence-electron chi connectivity index (χ2n) is 9.80. The zero-order valence-electron chi connectivity index (χ0n) is 23.1. The Morgan fingerprint density at radius 2 is 1.51 bits per heavy atom. The molecule has 0 aromatic heterocycles. The van der Waals surface area contributed by atoms with E-state index in [2.05, 4.69) is 0 Å². The summed E-state index contributed by atoms with van der Waals surface area (Å²) < 4.78 is 25.1. The standard InChI is InChI=1S/C34H27Cl3O6/c1-22(39)41-31-28-19-24(35)16-17-29(28)34(21-38,40-18-8-9-23-14-15-25(36)20-30(23)37)33(43-27-12-6-3-7-13-27)32(31)42-26-10-4-2-5-11-26/h2-7,10-17,19-21,33H,8-9,18H2,1H3. The first kappa shape index (κ1) is 30.6. The predicted octanol–water partition coefficient (Wildman–Crippen LogP) is 8.46. The molecule has 6 nitrogen and oxygen atoms in total. The summed E-state index contributed by atoms with van der Waals surface area (Å²) in [5.41, 5.74) is -0.0379. The van der Waals surface area contributed by atoms with E-state index >= 15 is 0 Å². The van der Waals surface area contributed by atoms with Gasteiger partial charge < -0.3 is 18.9 Å². The van der Waals surface area contributed by atoms with Crippen LogP contribution >= 0.6 is 34.8 Å². The highest BCUT2D eigenvalue weighted by atomic mass is 35.5. The average Bonchev–Trinajstić information content (AvgIpc) is 3.00. The topological polar surface area (TPSA) is 71.1 Å². The van der Waals surface area contributed by atoms with E-state index in [1.165, 1.54) is 6.92 Å². The number of carbonyl (C=O) groups excluding carboxylic acids is 2. The van der Waals surface area contributed by atoms with Gasteiger partial charge in [-0.15, -0.1) is 0 Å². The maximum Gasteiger partial charge on any atom is 0.308 e. The molecule has 2 unspecified atom stereocenters. The summed E-state index contributed by atoms with van der Waals surface area (Å²) in [6, 6.07) is 28.1. The van der Waals surface area contributed by atoms with Crippen LogP contribution in [-0.4, -0.2) is 25.0 Å². The van der Waals surface area contributed by atoms with E-state index in [1.807, 2.05) is 18.2 Å². The fourth-order valence-electron chi connectivity index (χ4n) is 4.91. The van der Waals surface area contributed by atoms with Crippen LogP contribution in [0.25, 0.3) is 5.76 Å². The van der Waals surface area contributed by atoms with Crippen molar-refractivity contribution in [3.63, 3.8) is 0 Å². The summed E-state index contributed by atoms with van der Waals surface area (Å²) in [6.07, 6.45) is 0.592. The molecular formula is C34H27Cl3O6. The molecule has 0 bridgehead atoms. The predicted molar refractivity (Wildman–Crippen MR) is 167 cm³/mol. The highest BCUT2D eigenvalue weighted by molar-refractivity contribution is 6.35. The zero-order chi connectivity index (χ0) is 30.4. The maximum absolute atomic E-state index is 13.4. The fraction of sp³-hybridized carbons (Fsp3) is 0.176. The smallest absolute Gasteiger partial charge is 0.308 e. The van der Waals surface area contributed by atoms with Crippen molar-refractivity contribution < 1.29 is 28.5 Å².